The third kappa shape index (κ3) is 7.13. The van der Waals surface area contributed by atoms with E-state index < -0.39 is 10.0 Å². The maximum absolute atomic E-state index is 12.6. The fourth-order valence-corrected chi connectivity index (χ4v) is 4.27. The van der Waals surface area contributed by atoms with Crippen LogP contribution in [0.15, 0.2) is 72.8 Å². The number of nitrogens with one attached hydrogen (secondary N) is 1. The highest BCUT2D eigenvalue weighted by molar-refractivity contribution is 7.92. The van der Waals surface area contributed by atoms with Crippen LogP contribution < -0.4 is 19.1 Å². The third-order valence-corrected chi connectivity index (χ3v) is 6.14. The minimum Gasteiger partial charge on any atom is -0.497 e. The van der Waals surface area contributed by atoms with Gasteiger partial charge < -0.3 is 14.8 Å². The van der Waals surface area contributed by atoms with Crippen LogP contribution in [0.2, 0.25) is 5.02 Å². The number of carbonyl (C=O) groups excluding carboxylic acids is 1. The van der Waals surface area contributed by atoms with Crippen molar-refractivity contribution >= 4 is 38.9 Å². The Hall–Kier alpha value is -3.23. The Morgan fingerprint density at radius 2 is 1.70 bits per heavy atom. The van der Waals surface area contributed by atoms with E-state index in [0.717, 1.165) is 6.26 Å². The summed E-state index contributed by atoms with van der Waals surface area (Å²) in [6.45, 7) is 0.154. The van der Waals surface area contributed by atoms with Gasteiger partial charge in [-0.3, -0.25) is 9.10 Å². The lowest BCUT2D eigenvalue weighted by Gasteiger charge is -2.22. The molecular weight excluding hydrogens is 464 g/mol. The Balaban J connectivity index is 1.64. The molecule has 0 aliphatic rings. The zero-order chi connectivity index (χ0) is 23.8. The van der Waals surface area contributed by atoms with Crippen LogP contribution in [0.25, 0.3) is 0 Å². The van der Waals surface area contributed by atoms with Gasteiger partial charge in [-0.25, -0.2) is 8.42 Å². The lowest BCUT2D eigenvalue weighted by atomic mass is 10.2. The maximum atomic E-state index is 12.6. The maximum Gasteiger partial charge on any atom is 0.232 e. The first kappa shape index (κ1) is 24.4. The number of hydrogen-bond acceptors (Lipinski definition) is 5. The molecule has 33 heavy (non-hydrogen) atoms. The number of para-hydroxylation sites is 1. The molecule has 0 atom stereocenters. The van der Waals surface area contributed by atoms with E-state index >= 15 is 0 Å². The molecule has 0 fully saturated rings. The van der Waals surface area contributed by atoms with Crippen molar-refractivity contribution in [1.29, 1.82) is 0 Å². The van der Waals surface area contributed by atoms with Gasteiger partial charge in [-0.2, -0.15) is 0 Å². The molecule has 0 aromatic heterocycles. The van der Waals surface area contributed by atoms with Crippen molar-refractivity contribution in [2.24, 2.45) is 0 Å². The van der Waals surface area contributed by atoms with Crippen molar-refractivity contribution < 1.29 is 22.7 Å². The first-order valence-corrected chi connectivity index (χ1v) is 12.4. The number of benzene rings is 3. The van der Waals surface area contributed by atoms with Crippen LogP contribution in [0.1, 0.15) is 12.8 Å². The lowest BCUT2D eigenvalue weighted by molar-refractivity contribution is -0.116. The van der Waals surface area contributed by atoms with E-state index in [1.54, 1.807) is 54.6 Å². The van der Waals surface area contributed by atoms with Gasteiger partial charge in [0.1, 0.15) is 11.5 Å². The molecule has 3 aromatic carbocycles. The summed E-state index contributed by atoms with van der Waals surface area (Å²) in [4.78, 5) is 12.6. The first-order valence-electron chi connectivity index (χ1n) is 10.2. The van der Waals surface area contributed by atoms with E-state index in [4.69, 9.17) is 21.1 Å². The van der Waals surface area contributed by atoms with E-state index in [1.165, 1.54) is 11.4 Å². The van der Waals surface area contributed by atoms with Gasteiger partial charge in [0.05, 0.1) is 24.7 Å². The average Bonchev–Trinajstić information content (AvgIpc) is 2.78. The molecule has 174 valence electrons. The number of ether oxygens (including phenoxy) is 2. The number of anilines is 2. The number of hydrogen-bond donors (Lipinski definition) is 1. The molecule has 3 rings (SSSR count). The number of amides is 1. The van der Waals surface area contributed by atoms with Crippen LogP contribution >= 0.6 is 11.6 Å². The number of nitrogens with zero attached hydrogens (tertiary/aromatic N) is 1. The van der Waals surface area contributed by atoms with Gasteiger partial charge >= 0.3 is 0 Å². The SMILES string of the molecule is COc1ccc(N(CCCC(=O)Nc2cc(Cl)ccc2Oc2ccccc2)S(C)(=O)=O)cc1. The number of halogens is 1. The zero-order valence-corrected chi connectivity index (χ0v) is 19.9. The molecule has 0 saturated heterocycles. The third-order valence-electron chi connectivity index (χ3n) is 4.71. The molecule has 0 spiro atoms. The summed E-state index contributed by atoms with van der Waals surface area (Å²) >= 11 is 6.10. The van der Waals surface area contributed by atoms with Gasteiger partial charge in [0.15, 0.2) is 5.75 Å². The van der Waals surface area contributed by atoms with E-state index in [9.17, 15) is 13.2 Å². The summed E-state index contributed by atoms with van der Waals surface area (Å²) in [5.74, 6) is 1.42. The van der Waals surface area contributed by atoms with Crippen molar-refractivity contribution in [3.05, 3.63) is 77.8 Å². The Morgan fingerprint density at radius 1 is 1.00 bits per heavy atom. The van der Waals surface area contributed by atoms with E-state index in [2.05, 4.69) is 5.32 Å². The van der Waals surface area contributed by atoms with Gasteiger partial charge in [0.2, 0.25) is 15.9 Å². The van der Waals surface area contributed by atoms with E-state index in [0.29, 0.717) is 40.1 Å². The van der Waals surface area contributed by atoms with E-state index in [1.807, 2.05) is 18.2 Å². The molecule has 0 heterocycles. The summed E-state index contributed by atoms with van der Waals surface area (Å²) < 4.78 is 36.8. The number of sulfonamides is 1. The van der Waals surface area contributed by atoms with Gasteiger partial charge in [-0.05, 0) is 61.0 Å². The normalized spacial score (nSPS) is 11.0. The van der Waals surface area contributed by atoms with Gasteiger partial charge in [-0.1, -0.05) is 29.8 Å². The lowest BCUT2D eigenvalue weighted by Crippen LogP contribution is -2.31. The van der Waals surface area contributed by atoms with Crippen molar-refractivity contribution in [3.63, 3.8) is 0 Å². The second-order valence-corrected chi connectivity index (χ2v) is 9.58. The fraction of sp³-hybridized carbons (Fsp3) is 0.208. The van der Waals surface area contributed by atoms with Crippen LogP contribution in [0.5, 0.6) is 17.2 Å². The summed E-state index contributed by atoms with van der Waals surface area (Å²) in [5.41, 5.74) is 0.943. The topological polar surface area (TPSA) is 84.9 Å². The van der Waals surface area contributed by atoms with Gasteiger partial charge in [0, 0.05) is 18.0 Å². The van der Waals surface area contributed by atoms with Crippen molar-refractivity contribution in [1.82, 2.24) is 0 Å². The molecule has 0 bridgehead atoms. The second kappa shape index (κ2) is 11.1. The molecule has 0 unspecified atom stereocenters. The van der Waals surface area contributed by atoms with Crippen molar-refractivity contribution in [2.45, 2.75) is 12.8 Å². The molecule has 0 aliphatic carbocycles. The predicted octanol–water partition coefficient (Wildman–Crippen LogP) is 5.33. The Morgan fingerprint density at radius 3 is 2.33 bits per heavy atom. The highest BCUT2D eigenvalue weighted by atomic mass is 35.5. The van der Waals surface area contributed by atoms with Gasteiger partial charge in [0.25, 0.3) is 0 Å². The predicted molar refractivity (Wildman–Crippen MR) is 131 cm³/mol. The molecule has 0 aliphatic heterocycles. The summed E-state index contributed by atoms with van der Waals surface area (Å²) in [6, 6.07) is 20.9. The second-order valence-electron chi connectivity index (χ2n) is 7.24. The summed E-state index contributed by atoms with van der Waals surface area (Å²) in [5, 5.41) is 3.26. The van der Waals surface area contributed by atoms with Crippen LogP contribution in [0.4, 0.5) is 11.4 Å². The highest BCUT2D eigenvalue weighted by Crippen LogP contribution is 2.32. The van der Waals surface area contributed by atoms with Crippen molar-refractivity contribution in [2.75, 3.05) is 29.5 Å². The Labute approximate surface area is 198 Å². The fourth-order valence-electron chi connectivity index (χ4n) is 3.14. The molecule has 9 heteroatoms. The minimum atomic E-state index is -3.52. The Bertz CT molecular complexity index is 1190. The molecule has 1 amide bonds. The van der Waals surface area contributed by atoms with Crippen LogP contribution in [0.3, 0.4) is 0 Å². The number of rotatable bonds is 10. The van der Waals surface area contributed by atoms with Crippen LogP contribution in [-0.2, 0) is 14.8 Å². The zero-order valence-electron chi connectivity index (χ0n) is 18.3. The van der Waals surface area contributed by atoms with Crippen LogP contribution in [0, 0.1) is 0 Å². The molecule has 0 saturated carbocycles. The molecule has 3 aromatic rings. The quantitative estimate of drug-likeness (QED) is 0.417. The average molecular weight is 489 g/mol. The first-order chi connectivity index (χ1) is 15.8. The number of carbonyl (C=O) groups is 1. The number of methoxy groups -OCH3 is 1. The Kier molecular flexibility index (Phi) is 8.19. The van der Waals surface area contributed by atoms with Gasteiger partial charge in [-0.15, -0.1) is 0 Å². The summed E-state index contributed by atoms with van der Waals surface area (Å²) in [6.07, 6.45) is 1.57. The van der Waals surface area contributed by atoms with E-state index in [-0.39, 0.29) is 18.9 Å². The molecule has 0 radical (unpaired) electrons. The molecular formula is C24H25ClN2O5S. The summed E-state index contributed by atoms with van der Waals surface area (Å²) in [7, 11) is -1.98. The molecule has 1 N–H and O–H groups in total. The monoisotopic (exact) mass is 488 g/mol. The largest absolute Gasteiger partial charge is 0.497 e. The standard InChI is InChI=1S/C24H25ClN2O5S/c1-31-20-13-11-19(12-14-20)27(33(2,29)30)16-6-9-24(28)26-22-17-18(25)10-15-23(22)32-21-7-4-3-5-8-21/h3-5,7-8,10-15,17H,6,9,16H2,1-2H3,(H,26,28). The minimum absolute atomic E-state index is 0.111. The molecule has 7 nitrogen and oxygen atoms in total. The smallest absolute Gasteiger partial charge is 0.232 e. The highest BCUT2D eigenvalue weighted by Gasteiger charge is 2.18. The van der Waals surface area contributed by atoms with Crippen LogP contribution in [-0.4, -0.2) is 34.2 Å². The van der Waals surface area contributed by atoms with Crippen molar-refractivity contribution in [3.8, 4) is 17.2 Å².